The van der Waals surface area contributed by atoms with Gasteiger partial charge in [0.2, 0.25) is 0 Å². The van der Waals surface area contributed by atoms with Crippen molar-refractivity contribution in [1.82, 2.24) is 4.90 Å². The number of piperazine rings is 1. The highest BCUT2D eigenvalue weighted by Gasteiger charge is 2.43. The third-order valence-corrected chi connectivity index (χ3v) is 7.89. The molecule has 2 aromatic rings. The Bertz CT molecular complexity index is 1210. The van der Waals surface area contributed by atoms with Gasteiger partial charge in [0.25, 0.3) is 0 Å². The lowest BCUT2D eigenvalue weighted by molar-refractivity contribution is -0.0660. The molecule has 2 saturated heterocycles. The fraction of sp³-hybridized carbons (Fsp3) is 0.407. The van der Waals surface area contributed by atoms with E-state index in [4.69, 9.17) is 4.74 Å². The van der Waals surface area contributed by atoms with E-state index in [1.165, 1.54) is 5.57 Å². The fourth-order valence-corrected chi connectivity index (χ4v) is 5.83. The number of benzene rings is 2. The van der Waals surface area contributed by atoms with Gasteiger partial charge in [0.1, 0.15) is 0 Å². The molecule has 5 heteroatoms. The van der Waals surface area contributed by atoms with E-state index in [0.29, 0.717) is 11.6 Å². The summed E-state index contributed by atoms with van der Waals surface area (Å²) in [7, 11) is 0. The second kappa shape index (κ2) is 7.03. The van der Waals surface area contributed by atoms with Gasteiger partial charge in [0.05, 0.1) is 30.9 Å². The summed E-state index contributed by atoms with van der Waals surface area (Å²) in [6, 6.07) is 15.0. The van der Waals surface area contributed by atoms with E-state index < -0.39 is 0 Å². The number of ether oxygens (including phenoxy) is 1. The maximum atomic E-state index is 13.8. The average molecular weight is 426 g/mol. The molecule has 0 amide bonds. The molecule has 2 aliphatic carbocycles. The Morgan fingerprint density at radius 1 is 1.03 bits per heavy atom. The van der Waals surface area contributed by atoms with Gasteiger partial charge in [0, 0.05) is 48.4 Å². The topological polar surface area (TPSA) is 56.6 Å². The van der Waals surface area contributed by atoms with Gasteiger partial charge in [-0.05, 0) is 52.9 Å². The number of rotatable bonds is 2. The number of nitriles is 1. The van der Waals surface area contributed by atoms with Gasteiger partial charge in [-0.25, -0.2) is 0 Å². The van der Waals surface area contributed by atoms with E-state index in [-0.39, 0.29) is 11.2 Å². The third-order valence-electron chi connectivity index (χ3n) is 7.89. The molecular formula is C27H27N3O2. The monoisotopic (exact) mass is 425 g/mol. The van der Waals surface area contributed by atoms with Crippen LogP contribution in [-0.2, 0) is 16.6 Å². The molecular weight excluding hydrogens is 398 g/mol. The smallest absolute Gasteiger partial charge is 0.194 e. The van der Waals surface area contributed by atoms with Crippen molar-refractivity contribution in [3.63, 3.8) is 0 Å². The van der Waals surface area contributed by atoms with E-state index in [0.717, 1.165) is 79.3 Å². The summed E-state index contributed by atoms with van der Waals surface area (Å²) in [4.78, 5) is 18.7. The van der Waals surface area contributed by atoms with Crippen molar-refractivity contribution in [2.24, 2.45) is 0 Å². The number of nitrogens with zero attached hydrogens (tertiary/aromatic N) is 3. The molecule has 0 atom stereocenters. The van der Waals surface area contributed by atoms with Crippen LogP contribution in [0.3, 0.4) is 0 Å². The van der Waals surface area contributed by atoms with Crippen LogP contribution >= 0.6 is 0 Å². The fourth-order valence-electron chi connectivity index (χ4n) is 5.83. The molecule has 5 nitrogen and oxygen atoms in total. The van der Waals surface area contributed by atoms with Crippen LogP contribution in [0.5, 0.6) is 0 Å². The number of hydrogen-bond donors (Lipinski definition) is 0. The van der Waals surface area contributed by atoms with Crippen molar-refractivity contribution in [3.05, 3.63) is 69.8 Å². The standard InChI is InChI=1S/C27H27N3O2/c1-27(2)23-6-4-19(29-7-9-30(10-8-29)20-15-32-16-20)13-22(23)26(31)25-21-5-3-17(14-28)11-18(21)12-24(25)27/h3-6,11,13,20H,7-10,12,15-16H2,1-2H3. The molecule has 0 saturated carbocycles. The Morgan fingerprint density at radius 3 is 2.50 bits per heavy atom. The molecule has 2 heterocycles. The summed E-state index contributed by atoms with van der Waals surface area (Å²) in [6.07, 6.45) is 0.743. The Kier molecular flexibility index (Phi) is 4.33. The van der Waals surface area contributed by atoms with Crippen molar-refractivity contribution < 1.29 is 9.53 Å². The predicted molar refractivity (Wildman–Crippen MR) is 124 cm³/mol. The van der Waals surface area contributed by atoms with Gasteiger partial charge >= 0.3 is 0 Å². The Hall–Kier alpha value is -2.94. The highest BCUT2D eigenvalue weighted by Crippen LogP contribution is 2.50. The number of Topliss-reactive ketones (excluding diaryl/α,β-unsaturated/α-hetero) is 1. The van der Waals surface area contributed by atoms with Gasteiger partial charge < -0.3 is 9.64 Å². The molecule has 0 aromatic heterocycles. The Labute approximate surface area is 188 Å². The maximum absolute atomic E-state index is 13.8. The van der Waals surface area contributed by atoms with E-state index in [1.807, 2.05) is 18.2 Å². The minimum Gasteiger partial charge on any atom is -0.378 e. The molecule has 6 rings (SSSR count). The number of fused-ring (bicyclic) bond motifs is 3. The lowest BCUT2D eigenvalue weighted by atomic mass is 9.68. The van der Waals surface area contributed by atoms with E-state index >= 15 is 0 Å². The van der Waals surface area contributed by atoms with Gasteiger partial charge in [-0.1, -0.05) is 26.0 Å². The SMILES string of the molecule is CC1(C)C2=C(C(=O)c3cc(N4CCN(C5COC5)CC4)ccc31)c1ccc(C#N)cc1C2. The highest BCUT2D eigenvalue weighted by molar-refractivity contribution is 6.33. The first kappa shape index (κ1) is 19.7. The second-order valence-electron chi connectivity index (χ2n) is 9.91. The lowest BCUT2D eigenvalue weighted by Gasteiger charge is -2.43. The zero-order valence-electron chi connectivity index (χ0n) is 18.6. The van der Waals surface area contributed by atoms with Crippen LogP contribution in [-0.4, -0.2) is 56.1 Å². The molecule has 32 heavy (non-hydrogen) atoms. The molecule has 0 radical (unpaired) electrons. The zero-order valence-corrected chi connectivity index (χ0v) is 18.6. The first-order valence-corrected chi connectivity index (χ1v) is 11.5. The Morgan fingerprint density at radius 2 is 1.81 bits per heavy atom. The van der Waals surface area contributed by atoms with Crippen molar-refractivity contribution in [1.29, 1.82) is 5.26 Å². The predicted octanol–water partition coefficient (Wildman–Crippen LogP) is 3.56. The third kappa shape index (κ3) is 2.80. The first-order valence-electron chi connectivity index (χ1n) is 11.5. The molecule has 2 aromatic carbocycles. The van der Waals surface area contributed by atoms with Gasteiger partial charge in [-0.3, -0.25) is 9.69 Å². The van der Waals surface area contributed by atoms with E-state index in [1.54, 1.807) is 0 Å². The minimum atomic E-state index is -0.216. The van der Waals surface area contributed by atoms with E-state index in [9.17, 15) is 10.1 Å². The van der Waals surface area contributed by atoms with Crippen molar-refractivity contribution >= 4 is 17.0 Å². The minimum absolute atomic E-state index is 0.130. The Balaban J connectivity index is 1.33. The molecule has 0 spiro atoms. The number of hydrogen-bond acceptors (Lipinski definition) is 5. The van der Waals surface area contributed by atoms with Gasteiger partial charge in [0.15, 0.2) is 5.78 Å². The lowest BCUT2D eigenvalue weighted by Crippen LogP contribution is -2.56. The quantitative estimate of drug-likeness (QED) is 0.736. The number of allylic oxidation sites excluding steroid dienone is 2. The highest BCUT2D eigenvalue weighted by atomic mass is 16.5. The van der Waals surface area contributed by atoms with Crippen molar-refractivity contribution in [2.75, 3.05) is 44.3 Å². The number of carbonyl (C=O) groups is 1. The normalized spacial score (nSPS) is 22.2. The summed E-state index contributed by atoms with van der Waals surface area (Å²) >= 11 is 0. The molecule has 162 valence electrons. The molecule has 0 N–H and O–H groups in total. The number of ketones is 1. The number of carbonyl (C=O) groups excluding carboxylic acids is 1. The summed E-state index contributed by atoms with van der Waals surface area (Å²) in [5, 5.41) is 9.30. The molecule has 2 aliphatic heterocycles. The summed E-state index contributed by atoms with van der Waals surface area (Å²) in [5.41, 5.74) is 7.66. The largest absolute Gasteiger partial charge is 0.378 e. The van der Waals surface area contributed by atoms with Crippen LogP contribution < -0.4 is 4.90 Å². The zero-order chi connectivity index (χ0) is 22.0. The summed E-state index contributed by atoms with van der Waals surface area (Å²) in [5.74, 6) is 0.130. The van der Waals surface area contributed by atoms with Crippen LogP contribution in [0.15, 0.2) is 42.0 Å². The van der Waals surface area contributed by atoms with Crippen LogP contribution in [0.25, 0.3) is 5.57 Å². The summed E-state index contributed by atoms with van der Waals surface area (Å²) in [6.45, 7) is 10.2. The maximum Gasteiger partial charge on any atom is 0.194 e. The number of anilines is 1. The second-order valence-corrected chi connectivity index (χ2v) is 9.91. The average Bonchev–Trinajstić information content (AvgIpc) is 3.17. The molecule has 0 bridgehead atoms. The van der Waals surface area contributed by atoms with Gasteiger partial charge in [-0.15, -0.1) is 0 Å². The van der Waals surface area contributed by atoms with Crippen molar-refractivity contribution in [2.45, 2.75) is 31.7 Å². The van der Waals surface area contributed by atoms with Crippen LogP contribution in [0, 0.1) is 11.3 Å². The van der Waals surface area contributed by atoms with Crippen molar-refractivity contribution in [3.8, 4) is 6.07 Å². The first-order chi connectivity index (χ1) is 15.5. The van der Waals surface area contributed by atoms with E-state index in [2.05, 4.69) is 47.9 Å². The van der Waals surface area contributed by atoms with Gasteiger partial charge in [-0.2, -0.15) is 5.26 Å². The molecule has 0 unspecified atom stereocenters. The van der Waals surface area contributed by atoms with Crippen LogP contribution in [0.2, 0.25) is 0 Å². The molecule has 2 fully saturated rings. The molecule has 4 aliphatic rings. The summed E-state index contributed by atoms with van der Waals surface area (Å²) < 4.78 is 5.35. The van der Waals surface area contributed by atoms with Crippen LogP contribution in [0.4, 0.5) is 5.69 Å². The van der Waals surface area contributed by atoms with Crippen LogP contribution in [0.1, 0.15) is 46.5 Å².